The highest BCUT2D eigenvalue weighted by atomic mass is 35.5. The molecule has 3 heterocycles. The van der Waals surface area contributed by atoms with Gasteiger partial charge < -0.3 is 4.57 Å². The van der Waals surface area contributed by atoms with Gasteiger partial charge in [-0.05, 0) is 56.9 Å². The summed E-state index contributed by atoms with van der Waals surface area (Å²) in [4.78, 5) is 9.75. The van der Waals surface area contributed by atoms with Crippen LogP contribution in [0.1, 0.15) is 49.6 Å². The average Bonchev–Trinajstić information content (AvgIpc) is 3.12. The molecule has 4 aromatic rings. The Bertz CT molecular complexity index is 1150. The minimum absolute atomic E-state index is 0.475. The van der Waals surface area contributed by atoms with E-state index in [1.54, 1.807) is 0 Å². The molecule has 0 atom stereocenters. The zero-order valence-corrected chi connectivity index (χ0v) is 17.2. The molecular weight excluding hydrogens is 358 g/mol. The number of aromatic nitrogens is 5. The van der Waals surface area contributed by atoms with Gasteiger partial charge in [-0.25, -0.2) is 14.5 Å². The SMILES string of the molecule is CCC(CC)c1cc(C)nn2c(-c3nc4ccc(Cl)cc4n3C)c(C)nc12. The molecule has 0 radical (unpaired) electrons. The predicted molar refractivity (Wildman–Crippen MR) is 111 cm³/mol. The van der Waals surface area contributed by atoms with Crippen molar-refractivity contribution < 1.29 is 0 Å². The fourth-order valence-electron chi connectivity index (χ4n) is 3.94. The molecule has 0 spiro atoms. The molecule has 0 saturated carbocycles. The van der Waals surface area contributed by atoms with Crippen molar-refractivity contribution >= 4 is 28.3 Å². The predicted octanol–water partition coefficient (Wildman–Crippen LogP) is 5.46. The van der Waals surface area contributed by atoms with Crippen LogP contribution < -0.4 is 0 Å². The van der Waals surface area contributed by atoms with Crippen molar-refractivity contribution in [2.75, 3.05) is 0 Å². The van der Waals surface area contributed by atoms with Gasteiger partial charge in [-0.3, -0.25) is 0 Å². The molecule has 0 fully saturated rings. The van der Waals surface area contributed by atoms with Crippen molar-refractivity contribution in [3.63, 3.8) is 0 Å². The average molecular weight is 382 g/mol. The molecule has 0 amide bonds. The molecule has 1 aromatic carbocycles. The van der Waals surface area contributed by atoms with E-state index in [-0.39, 0.29) is 0 Å². The molecule has 27 heavy (non-hydrogen) atoms. The molecule has 4 rings (SSSR count). The lowest BCUT2D eigenvalue weighted by Gasteiger charge is -2.14. The Labute approximate surface area is 164 Å². The number of imidazole rings is 2. The van der Waals surface area contributed by atoms with Crippen LogP contribution in [0.4, 0.5) is 0 Å². The van der Waals surface area contributed by atoms with Crippen LogP contribution in [-0.2, 0) is 7.05 Å². The highest BCUT2D eigenvalue weighted by Crippen LogP contribution is 2.32. The number of hydrogen-bond donors (Lipinski definition) is 0. The summed E-state index contributed by atoms with van der Waals surface area (Å²) in [7, 11) is 2.01. The fourth-order valence-corrected chi connectivity index (χ4v) is 4.11. The molecule has 0 aliphatic rings. The van der Waals surface area contributed by atoms with Gasteiger partial charge in [-0.15, -0.1) is 0 Å². The maximum absolute atomic E-state index is 6.19. The van der Waals surface area contributed by atoms with Crippen molar-refractivity contribution in [3.05, 3.63) is 46.2 Å². The van der Waals surface area contributed by atoms with E-state index in [4.69, 9.17) is 26.7 Å². The number of benzene rings is 1. The summed E-state index contributed by atoms with van der Waals surface area (Å²) in [6.07, 6.45) is 2.17. The minimum atomic E-state index is 0.475. The maximum Gasteiger partial charge on any atom is 0.161 e. The molecule has 0 aliphatic carbocycles. The summed E-state index contributed by atoms with van der Waals surface area (Å²) < 4.78 is 4.04. The smallest absolute Gasteiger partial charge is 0.161 e. The number of nitrogens with zero attached hydrogens (tertiary/aromatic N) is 5. The summed E-state index contributed by atoms with van der Waals surface area (Å²) in [6, 6.07) is 7.95. The molecule has 0 aliphatic heterocycles. The van der Waals surface area contributed by atoms with Gasteiger partial charge in [0.05, 0.1) is 22.4 Å². The molecule has 5 nitrogen and oxygen atoms in total. The van der Waals surface area contributed by atoms with E-state index >= 15 is 0 Å². The first-order chi connectivity index (χ1) is 12.9. The van der Waals surface area contributed by atoms with Crippen LogP contribution in [0.25, 0.3) is 28.2 Å². The van der Waals surface area contributed by atoms with Crippen LogP contribution in [-0.4, -0.2) is 24.1 Å². The second-order valence-electron chi connectivity index (χ2n) is 7.16. The maximum atomic E-state index is 6.19. The third-order valence-electron chi connectivity index (χ3n) is 5.39. The third-order valence-corrected chi connectivity index (χ3v) is 5.62. The van der Waals surface area contributed by atoms with Crippen LogP contribution in [0, 0.1) is 13.8 Å². The summed E-state index contributed by atoms with van der Waals surface area (Å²) in [5, 5.41) is 5.49. The van der Waals surface area contributed by atoms with Gasteiger partial charge in [0.25, 0.3) is 0 Å². The Morgan fingerprint density at radius 2 is 1.81 bits per heavy atom. The summed E-state index contributed by atoms with van der Waals surface area (Å²) in [6.45, 7) is 8.53. The first-order valence-corrected chi connectivity index (χ1v) is 9.81. The summed E-state index contributed by atoms with van der Waals surface area (Å²) in [5.74, 6) is 1.33. The number of halogens is 1. The number of hydrogen-bond acceptors (Lipinski definition) is 3. The van der Waals surface area contributed by atoms with Crippen molar-refractivity contribution in [3.8, 4) is 11.5 Å². The molecule has 6 heteroatoms. The normalized spacial score (nSPS) is 12.0. The molecule has 0 unspecified atom stereocenters. The van der Waals surface area contributed by atoms with Gasteiger partial charge in [-0.2, -0.15) is 5.10 Å². The zero-order valence-electron chi connectivity index (χ0n) is 16.4. The zero-order chi connectivity index (χ0) is 19.3. The van der Waals surface area contributed by atoms with E-state index in [1.165, 1.54) is 5.56 Å². The standard InChI is InChI=1S/C21H24ClN5/c1-6-14(7-2)16-10-12(3)25-27-19(13(4)23-20(16)27)21-24-17-9-8-15(22)11-18(17)26(21)5/h8-11,14H,6-7H2,1-5H3. The number of aryl methyl sites for hydroxylation is 3. The lowest BCUT2D eigenvalue weighted by molar-refractivity contribution is 0.638. The molecule has 0 saturated heterocycles. The van der Waals surface area contributed by atoms with E-state index in [2.05, 4.69) is 24.5 Å². The van der Waals surface area contributed by atoms with Gasteiger partial charge in [0.1, 0.15) is 5.69 Å². The van der Waals surface area contributed by atoms with E-state index in [1.807, 2.05) is 43.6 Å². The van der Waals surface area contributed by atoms with Crippen LogP contribution in [0.2, 0.25) is 5.02 Å². The quantitative estimate of drug-likeness (QED) is 0.471. The number of rotatable bonds is 4. The minimum Gasteiger partial charge on any atom is -0.326 e. The molecule has 0 bridgehead atoms. The monoisotopic (exact) mass is 381 g/mol. The molecule has 140 valence electrons. The largest absolute Gasteiger partial charge is 0.326 e. The van der Waals surface area contributed by atoms with Crippen molar-refractivity contribution in [2.24, 2.45) is 7.05 Å². The van der Waals surface area contributed by atoms with E-state index in [0.29, 0.717) is 10.9 Å². The van der Waals surface area contributed by atoms with Crippen LogP contribution in [0.3, 0.4) is 0 Å². The van der Waals surface area contributed by atoms with Crippen LogP contribution >= 0.6 is 11.6 Å². The Balaban J connectivity index is 2.03. The summed E-state index contributed by atoms with van der Waals surface area (Å²) in [5.41, 5.74) is 6.99. The van der Waals surface area contributed by atoms with Crippen LogP contribution in [0.5, 0.6) is 0 Å². The van der Waals surface area contributed by atoms with Gasteiger partial charge in [0, 0.05) is 17.6 Å². The Morgan fingerprint density at radius 3 is 2.52 bits per heavy atom. The third kappa shape index (κ3) is 2.81. The molecule has 0 N–H and O–H groups in total. The summed E-state index contributed by atoms with van der Waals surface area (Å²) >= 11 is 6.19. The van der Waals surface area contributed by atoms with Crippen molar-refractivity contribution in [2.45, 2.75) is 46.5 Å². The Morgan fingerprint density at radius 1 is 1.07 bits per heavy atom. The van der Waals surface area contributed by atoms with E-state index in [0.717, 1.165) is 52.4 Å². The topological polar surface area (TPSA) is 48.0 Å². The second-order valence-corrected chi connectivity index (χ2v) is 7.60. The van der Waals surface area contributed by atoms with Gasteiger partial charge in [0.2, 0.25) is 0 Å². The lowest BCUT2D eigenvalue weighted by atomic mass is 9.95. The van der Waals surface area contributed by atoms with Crippen LogP contribution in [0.15, 0.2) is 24.3 Å². The number of fused-ring (bicyclic) bond motifs is 2. The first-order valence-electron chi connectivity index (χ1n) is 9.43. The van der Waals surface area contributed by atoms with Gasteiger partial charge in [-0.1, -0.05) is 25.4 Å². The Kier molecular flexibility index (Phi) is 4.42. The molecular formula is C21H24ClN5. The Hall–Kier alpha value is -2.40. The van der Waals surface area contributed by atoms with Gasteiger partial charge in [0.15, 0.2) is 11.5 Å². The van der Waals surface area contributed by atoms with Crippen molar-refractivity contribution in [1.82, 2.24) is 24.1 Å². The highest BCUT2D eigenvalue weighted by molar-refractivity contribution is 6.31. The second kappa shape index (κ2) is 6.64. The molecule has 3 aromatic heterocycles. The highest BCUT2D eigenvalue weighted by Gasteiger charge is 2.22. The van der Waals surface area contributed by atoms with E-state index in [9.17, 15) is 0 Å². The first kappa shape index (κ1) is 18.0. The fraction of sp³-hybridized carbons (Fsp3) is 0.381. The lowest BCUT2D eigenvalue weighted by Crippen LogP contribution is -2.06. The van der Waals surface area contributed by atoms with E-state index < -0.39 is 0 Å². The van der Waals surface area contributed by atoms with Gasteiger partial charge >= 0.3 is 0 Å². The van der Waals surface area contributed by atoms with Crippen molar-refractivity contribution in [1.29, 1.82) is 0 Å².